The van der Waals surface area contributed by atoms with Crippen LogP contribution in [0.25, 0.3) is 5.69 Å². The number of nitrogens with one attached hydrogen (secondary N) is 1. The Balaban J connectivity index is 1.83. The van der Waals surface area contributed by atoms with Gasteiger partial charge in [-0.05, 0) is 44.2 Å². The average molecular weight is 368 g/mol. The Labute approximate surface area is 154 Å². The molecule has 1 N–H and O–H groups in total. The van der Waals surface area contributed by atoms with Crippen molar-refractivity contribution in [3.05, 3.63) is 71.3 Å². The zero-order valence-corrected chi connectivity index (χ0v) is 14.8. The van der Waals surface area contributed by atoms with Crippen LogP contribution >= 0.6 is 0 Å². The van der Waals surface area contributed by atoms with E-state index in [2.05, 4.69) is 15.6 Å². The summed E-state index contributed by atoms with van der Waals surface area (Å²) in [6.07, 6.45) is 0. The van der Waals surface area contributed by atoms with Gasteiger partial charge in [-0.25, -0.2) is 13.9 Å². The van der Waals surface area contributed by atoms with Gasteiger partial charge in [0.25, 0.3) is 5.91 Å². The first-order valence-corrected chi connectivity index (χ1v) is 8.27. The summed E-state index contributed by atoms with van der Waals surface area (Å²) in [5, 5.41) is 10.4. The maximum absolute atomic E-state index is 14.0. The summed E-state index contributed by atoms with van der Waals surface area (Å²) in [6.45, 7) is 3.59. The van der Waals surface area contributed by atoms with Gasteiger partial charge in [0, 0.05) is 5.69 Å². The molecule has 1 aromatic heterocycles. The molecule has 3 rings (SSSR count). The smallest absolute Gasteiger partial charge is 0.338 e. The minimum Gasteiger partial charge on any atom is -0.462 e. The summed E-state index contributed by atoms with van der Waals surface area (Å²) >= 11 is 0. The molecule has 0 unspecified atom stereocenters. The molecule has 7 nitrogen and oxygen atoms in total. The molecule has 0 fully saturated rings. The zero-order chi connectivity index (χ0) is 19.4. The first kappa shape index (κ1) is 18.2. The van der Waals surface area contributed by atoms with Crippen molar-refractivity contribution >= 4 is 17.6 Å². The van der Waals surface area contributed by atoms with Crippen LogP contribution in [-0.2, 0) is 4.74 Å². The third-order valence-corrected chi connectivity index (χ3v) is 3.82. The van der Waals surface area contributed by atoms with Crippen LogP contribution in [0.2, 0.25) is 0 Å². The number of para-hydroxylation sites is 1. The van der Waals surface area contributed by atoms with Gasteiger partial charge in [-0.15, -0.1) is 5.10 Å². The molecule has 0 saturated heterocycles. The molecule has 0 saturated carbocycles. The lowest BCUT2D eigenvalue weighted by Gasteiger charge is -2.07. The molecule has 0 bridgehead atoms. The Morgan fingerprint density at radius 2 is 1.96 bits per heavy atom. The van der Waals surface area contributed by atoms with Crippen LogP contribution in [0.5, 0.6) is 0 Å². The number of halogens is 1. The molecular formula is C19H17FN4O3. The molecule has 138 valence electrons. The average Bonchev–Trinajstić information content (AvgIpc) is 3.04. The molecule has 1 amide bonds. The second kappa shape index (κ2) is 7.77. The molecule has 0 radical (unpaired) electrons. The van der Waals surface area contributed by atoms with Crippen LogP contribution in [0.1, 0.15) is 33.5 Å². The van der Waals surface area contributed by atoms with Crippen molar-refractivity contribution < 1.29 is 18.7 Å². The van der Waals surface area contributed by atoms with Crippen LogP contribution in [0, 0.1) is 12.7 Å². The third-order valence-electron chi connectivity index (χ3n) is 3.82. The Bertz CT molecular complexity index is 1000. The SMILES string of the molecule is CCOC(=O)c1cccc(NC(=O)c2nnn(-c3ccccc3F)c2C)c1. The van der Waals surface area contributed by atoms with E-state index in [0.29, 0.717) is 16.9 Å². The van der Waals surface area contributed by atoms with Crippen molar-refractivity contribution in [2.45, 2.75) is 13.8 Å². The van der Waals surface area contributed by atoms with Gasteiger partial charge in [0.05, 0.1) is 17.9 Å². The van der Waals surface area contributed by atoms with E-state index in [4.69, 9.17) is 4.74 Å². The normalized spacial score (nSPS) is 10.5. The van der Waals surface area contributed by atoms with Gasteiger partial charge in [-0.1, -0.05) is 23.4 Å². The largest absolute Gasteiger partial charge is 0.462 e. The Morgan fingerprint density at radius 1 is 1.19 bits per heavy atom. The number of anilines is 1. The lowest BCUT2D eigenvalue weighted by molar-refractivity contribution is 0.0526. The van der Waals surface area contributed by atoms with Crippen molar-refractivity contribution in [1.82, 2.24) is 15.0 Å². The Hall–Kier alpha value is -3.55. The van der Waals surface area contributed by atoms with Gasteiger partial charge in [0.2, 0.25) is 0 Å². The summed E-state index contributed by atoms with van der Waals surface area (Å²) in [5.41, 5.74) is 1.37. The number of amides is 1. The minimum absolute atomic E-state index is 0.0554. The summed E-state index contributed by atoms with van der Waals surface area (Å²) in [6, 6.07) is 12.4. The predicted octanol–water partition coefficient (Wildman–Crippen LogP) is 3.14. The Kier molecular flexibility index (Phi) is 5.25. The van der Waals surface area contributed by atoms with Crippen molar-refractivity contribution in [2.75, 3.05) is 11.9 Å². The molecule has 3 aromatic rings. The number of ether oxygens (including phenoxy) is 1. The monoisotopic (exact) mass is 368 g/mol. The highest BCUT2D eigenvalue weighted by molar-refractivity contribution is 6.04. The number of benzene rings is 2. The van der Waals surface area contributed by atoms with Gasteiger partial charge in [0.1, 0.15) is 11.5 Å². The standard InChI is InChI=1S/C19H17FN4O3/c1-3-27-19(26)13-7-6-8-14(11-13)21-18(25)17-12(2)24(23-22-17)16-10-5-4-9-15(16)20/h4-11H,3H2,1-2H3,(H,21,25). The number of hydrogen-bond acceptors (Lipinski definition) is 5. The number of carbonyl (C=O) groups excluding carboxylic acids is 2. The lowest BCUT2D eigenvalue weighted by atomic mass is 10.2. The summed E-state index contributed by atoms with van der Waals surface area (Å²) in [5.74, 6) is -1.47. The lowest BCUT2D eigenvalue weighted by Crippen LogP contribution is -2.15. The quantitative estimate of drug-likeness (QED) is 0.699. The van der Waals surface area contributed by atoms with Gasteiger partial charge < -0.3 is 10.1 Å². The maximum atomic E-state index is 14.0. The first-order valence-electron chi connectivity index (χ1n) is 8.27. The van der Waals surface area contributed by atoms with E-state index in [0.717, 1.165) is 0 Å². The van der Waals surface area contributed by atoms with Gasteiger partial charge in [-0.2, -0.15) is 0 Å². The fourth-order valence-corrected chi connectivity index (χ4v) is 2.52. The van der Waals surface area contributed by atoms with Crippen LogP contribution in [-0.4, -0.2) is 33.5 Å². The minimum atomic E-state index is -0.518. The van der Waals surface area contributed by atoms with Crippen LogP contribution in [0.15, 0.2) is 48.5 Å². The zero-order valence-electron chi connectivity index (χ0n) is 14.8. The summed E-state index contributed by atoms with van der Waals surface area (Å²) < 4.78 is 20.2. The van der Waals surface area contributed by atoms with E-state index < -0.39 is 17.7 Å². The highest BCUT2D eigenvalue weighted by atomic mass is 19.1. The number of nitrogens with zero attached hydrogens (tertiary/aromatic N) is 3. The molecule has 8 heteroatoms. The van der Waals surface area contributed by atoms with E-state index >= 15 is 0 Å². The molecular weight excluding hydrogens is 351 g/mol. The molecule has 27 heavy (non-hydrogen) atoms. The van der Waals surface area contributed by atoms with Crippen LogP contribution < -0.4 is 5.32 Å². The van der Waals surface area contributed by atoms with E-state index in [9.17, 15) is 14.0 Å². The van der Waals surface area contributed by atoms with E-state index in [1.54, 1.807) is 50.2 Å². The molecule has 0 atom stereocenters. The highest BCUT2D eigenvalue weighted by Gasteiger charge is 2.19. The summed E-state index contributed by atoms with van der Waals surface area (Å²) in [7, 11) is 0. The Morgan fingerprint density at radius 3 is 2.70 bits per heavy atom. The molecule has 2 aromatic carbocycles. The molecule has 0 aliphatic carbocycles. The van der Waals surface area contributed by atoms with Gasteiger partial charge in [0.15, 0.2) is 5.69 Å². The van der Waals surface area contributed by atoms with E-state index in [1.807, 2.05) is 0 Å². The third kappa shape index (κ3) is 3.84. The molecule has 1 heterocycles. The number of esters is 1. The topological polar surface area (TPSA) is 86.1 Å². The van der Waals surface area contributed by atoms with Crippen molar-refractivity contribution in [3.8, 4) is 5.69 Å². The number of carbonyl (C=O) groups is 2. The highest BCUT2D eigenvalue weighted by Crippen LogP contribution is 2.17. The molecule has 0 aliphatic rings. The number of aromatic nitrogens is 3. The van der Waals surface area contributed by atoms with Gasteiger partial charge in [-0.3, -0.25) is 4.79 Å². The fraction of sp³-hybridized carbons (Fsp3) is 0.158. The van der Waals surface area contributed by atoms with Crippen molar-refractivity contribution in [2.24, 2.45) is 0 Å². The first-order chi connectivity index (χ1) is 13.0. The predicted molar refractivity (Wildman–Crippen MR) is 96.4 cm³/mol. The number of rotatable bonds is 5. The van der Waals surface area contributed by atoms with Gasteiger partial charge >= 0.3 is 5.97 Å². The van der Waals surface area contributed by atoms with Crippen LogP contribution in [0.4, 0.5) is 10.1 Å². The second-order valence-corrected chi connectivity index (χ2v) is 5.64. The van der Waals surface area contributed by atoms with Crippen LogP contribution in [0.3, 0.4) is 0 Å². The van der Waals surface area contributed by atoms with Crippen molar-refractivity contribution in [3.63, 3.8) is 0 Å². The molecule has 0 spiro atoms. The maximum Gasteiger partial charge on any atom is 0.338 e. The molecule has 0 aliphatic heterocycles. The number of hydrogen-bond donors (Lipinski definition) is 1. The fourth-order valence-electron chi connectivity index (χ4n) is 2.52. The van der Waals surface area contributed by atoms with E-state index in [-0.39, 0.29) is 18.0 Å². The second-order valence-electron chi connectivity index (χ2n) is 5.64. The summed E-state index contributed by atoms with van der Waals surface area (Å²) in [4.78, 5) is 24.3. The van der Waals surface area contributed by atoms with Crippen molar-refractivity contribution in [1.29, 1.82) is 0 Å². The van der Waals surface area contributed by atoms with E-state index in [1.165, 1.54) is 16.8 Å².